The largest absolute Gasteiger partial charge is 0.320 e. The molecule has 1 atom stereocenters. The molecule has 1 unspecified atom stereocenters. The zero-order chi connectivity index (χ0) is 11.7. The van der Waals surface area contributed by atoms with E-state index in [1.807, 2.05) is 18.4 Å². The van der Waals surface area contributed by atoms with Gasteiger partial charge in [-0.1, -0.05) is 15.9 Å². The predicted octanol–water partition coefficient (Wildman–Crippen LogP) is 4.01. The van der Waals surface area contributed by atoms with Gasteiger partial charge < -0.3 is 5.73 Å². The molecule has 0 amide bonds. The van der Waals surface area contributed by atoms with Gasteiger partial charge in [0.25, 0.3) is 0 Å². The van der Waals surface area contributed by atoms with E-state index in [4.69, 9.17) is 5.73 Å². The topological polar surface area (TPSA) is 26.0 Å². The first-order valence-electron chi connectivity index (χ1n) is 4.84. The van der Waals surface area contributed by atoms with Crippen molar-refractivity contribution in [2.45, 2.75) is 13.0 Å². The first kappa shape index (κ1) is 11.8. The molecule has 0 saturated heterocycles. The van der Waals surface area contributed by atoms with Gasteiger partial charge >= 0.3 is 0 Å². The number of thiophene rings is 1. The Morgan fingerprint density at radius 2 is 2.12 bits per heavy atom. The maximum absolute atomic E-state index is 13.2. The molecule has 4 heteroatoms. The van der Waals surface area contributed by atoms with Gasteiger partial charge in [0.1, 0.15) is 5.82 Å². The van der Waals surface area contributed by atoms with Crippen LogP contribution in [0.25, 0.3) is 0 Å². The second-order valence-corrected chi connectivity index (χ2v) is 5.41. The van der Waals surface area contributed by atoms with E-state index >= 15 is 0 Å². The number of hydrogen-bond acceptors (Lipinski definition) is 2. The highest BCUT2D eigenvalue weighted by atomic mass is 79.9. The van der Waals surface area contributed by atoms with Crippen molar-refractivity contribution in [3.05, 3.63) is 55.9 Å². The molecule has 0 radical (unpaired) electrons. The summed E-state index contributed by atoms with van der Waals surface area (Å²) in [6, 6.07) is 6.33. The molecule has 2 aromatic rings. The highest BCUT2D eigenvalue weighted by Gasteiger charge is 2.16. The number of halogens is 2. The maximum Gasteiger partial charge on any atom is 0.123 e. The van der Waals surface area contributed by atoms with Crippen LogP contribution < -0.4 is 5.73 Å². The monoisotopic (exact) mass is 299 g/mol. The average Bonchev–Trinajstić information content (AvgIpc) is 2.67. The SMILES string of the molecule is Cc1ccsc1C(N)c1cc(F)ccc1Br. The first-order chi connectivity index (χ1) is 7.59. The molecule has 0 bridgehead atoms. The predicted molar refractivity (Wildman–Crippen MR) is 69.2 cm³/mol. The highest BCUT2D eigenvalue weighted by molar-refractivity contribution is 9.10. The van der Waals surface area contributed by atoms with E-state index in [-0.39, 0.29) is 11.9 Å². The van der Waals surface area contributed by atoms with Crippen LogP contribution in [0.15, 0.2) is 34.1 Å². The van der Waals surface area contributed by atoms with Crippen LogP contribution in [0.2, 0.25) is 0 Å². The molecule has 2 N–H and O–H groups in total. The summed E-state index contributed by atoms with van der Waals surface area (Å²) >= 11 is 5.00. The fraction of sp³-hybridized carbons (Fsp3) is 0.167. The minimum atomic E-state index is -0.273. The molecule has 1 aromatic carbocycles. The molecule has 2 rings (SSSR count). The van der Waals surface area contributed by atoms with Crippen molar-refractivity contribution in [1.29, 1.82) is 0 Å². The molecule has 0 spiro atoms. The fourth-order valence-corrected chi connectivity index (χ4v) is 3.04. The van der Waals surface area contributed by atoms with E-state index in [1.165, 1.54) is 12.1 Å². The minimum Gasteiger partial charge on any atom is -0.320 e. The molecule has 1 aromatic heterocycles. The third-order valence-corrected chi connectivity index (χ3v) is 4.30. The summed E-state index contributed by atoms with van der Waals surface area (Å²) in [5, 5.41) is 2.00. The Bertz CT molecular complexity index is 509. The van der Waals surface area contributed by atoms with Gasteiger partial charge in [0.2, 0.25) is 0 Å². The summed E-state index contributed by atoms with van der Waals surface area (Å²) in [6.45, 7) is 2.01. The lowest BCUT2D eigenvalue weighted by Crippen LogP contribution is -2.12. The van der Waals surface area contributed by atoms with E-state index in [2.05, 4.69) is 15.9 Å². The summed E-state index contributed by atoms with van der Waals surface area (Å²) in [7, 11) is 0. The van der Waals surface area contributed by atoms with Gasteiger partial charge in [0.05, 0.1) is 6.04 Å². The molecule has 0 aliphatic rings. The van der Waals surface area contributed by atoms with Crippen molar-refractivity contribution >= 4 is 27.3 Å². The third kappa shape index (κ3) is 2.19. The molecule has 0 saturated carbocycles. The summed E-state index contributed by atoms with van der Waals surface area (Å²) in [6.07, 6.45) is 0. The molecule has 0 fully saturated rings. The van der Waals surface area contributed by atoms with Crippen molar-refractivity contribution in [1.82, 2.24) is 0 Å². The van der Waals surface area contributed by atoms with Gasteiger partial charge in [0, 0.05) is 9.35 Å². The summed E-state index contributed by atoms with van der Waals surface area (Å²) < 4.78 is 14.0. The summed E-state index contributed by atoms with van der Waals surface area (Å²) in [4.78, 5) is 1.08. The van der Waals surface area contributed by atoms with E-state index in [0.29, 0.717) is 0 Å². The highest BCUT2D eigenvalue weighted by Crippen LogP contribution is 2.31. The van der Waals surface area contributed by atoms with Crippen molar-refractivity contribution < 1.29 is 4.39 Å². The van der Waals surface area contributed by atoms with Crippen LogP contribution >= 0.6 is 27.3 Å². The van der Waals surface area contributed by atoms with Gasteiger partial charge in [-0.05, 0) is 47.7 Å². The Balaban J connectivity index is 2.45. The van der Waals surface area contributed by atoms with Crippen LogP contribution in [0, 0.1) is 12.7 Å². The van der Waals surface area contributed by atoms with E-state index in [0.717, 1.165) is 20.5 Å². The smallest absolute Gasteiger partial charge is 0.123 e. The number of hydrogen-bond donors (Lipinski definition) is 1. The van der Waals surface area contributed by atoms with E-state index in [1.54, 1.807) is 17.4 Å². The van der Waals surface area contributed by atoms with Crippen molar-refractivity contribution in [2.75, 3.05) is 0 Å². The fourth-order valence-electron chi connectivity index (χ4n) is 1.60. The molecule has 1 heterocycles. The van der Waals surface area contributed by atoms with Gasteiger partial charge in [-0.25, -0.2) is 4.39 Å². The lowest BCUT2D eigenvalue weighted by Gasteiger charge is -2.13. The van der Waals surface area contributed by atoms with Gasteiger partial charge in [-0.2, -0.15) is 0 Å². The molecular formula is C12H11BrFNS. The van der Waals surface area contributed by atoms with Gasteiger partial charge in [-0.15, -0.1) is 11.3 Å². The van der Waals surface area contributed by atoms with Crippen molar-refractivity contribution in [3.63, 3.8) is 0 Å². The number of rotatable bonds is 2. The Hall–Kier alpha value is -0.710. The van der Waals surface area contributed by atoms with Crippen molar-refractivity contribution in [3.8, 4) is 0 Å². The van der Waals surface area contributed by atoms with Gasteiger partial charge in [-0.3, -0.25) is 0 Å². The lowest BCUT2D eigenvalue weighted by atomic mass is 10.0. The van der Waals surface area contributed by atoms with Crippen LogP contribution in [-0.2, 0) is 0 Å². The minimum absolute atomic E-state index is 0.261. The maximum atomic E-state index is 13.2. The van der Waals surface area contributed by atoms with Crippen LogP contribution in [0.3, 0.4) is 0 Å². The number of aryl methyl sites for hydroxylation is 1. The molecule has 0 aliphatic carbocycles. The molecule has 84 valence electrons. The quantitative estimate of drug-likeness (QED) is 0.891. The molecular weight excluding hydrogens is 289 g/mol. The standard InChI is InChI=1S/C12H11BrFNS/c1-7-4-5-16-12(7)11(15)9-6-8(14)2-3-10(9)13/h2-6,11H,15H2,1H3. The molecule has 0 aliphatic heterocycles. The van der Waals surface area contributed by atoms with E-state index in [9.17, 15) is 4.39 Å². The Morgan fingerprint density at radius 3 is 2.75 bits per heavy atom. The second kappa shape index (κ2) is 4.65. The lowest BCUT2D eigenvalue weighted by molar-refractivity contribution is 0.623. The number of nitrogens with two attached hydrogens (primary N) is 1. The Morgan fingerprint density at radius 1 is 1.38 bits per heavy atom. The first-order valence-corrected chi connectivity index (χ1v) is 6.51. The van der Waals surface area contributed by atoms with Crippen molar-refractivity contribution in [2.24, 2.45) is 5.73 Å². The van der Waals surface area contributed by atoms with Crippen LogP contribution in [0.1, 0.15) is 22.0 Å². The zero-order valence-corrected chi connectivity index (χ0v) is 11.1. The zero-order valence-electron chi connectivity index (χ0n) is 8.71. The van der Waals surface area contributed by atoms with Crippen LogP contribution in [-0.4, -0.2) is 0 Å². The van der Waals surface area contributed by atoms with Crippen LogP contribution in [0.4, 0.5) is 4.39 Å². The summed E-state index contributed by atoms with van der Waals surface area (Å²) in [5.74, 6) is -0.261. The molecule has 1 nitrogen and oxygen atoms in total. The Kier molecular flexibility index (Phi) is 3.42. The number of benzene rings is 1. The van der Waals surface area contributed by atoms with Gasteiger partial charge in [0.15, 0.2) is 0 Å². The third-order valence-electron chi connectivity index (χ3n) is 2.48. The summed E-state index contributed by atoms with van der Waals surface area (Å²) in [5.41, 5.74) is 8.07. The Labute approximate surface area is 106 Å². The van der Waals surface area contributed by atoms with E-state index < -0.39 is 0 Å². The average molecular weight is 300 g/mol. The normalized spacial score (nSPS) is 12.8. The van der Waals surface area contributed by atoms with Crippen LogP contribution in [0.5, 0.6) is 0 Å². The molecule has 16 heavy (non-hydrogen) atoms. The second-order valence-electron chi connectivity index (χ2n) is 3.61.